The lowest BCUT2D eigenvalue weighted by atomic mass is 10.2. The number of carbonyl (C=O) groups is 1. The van der Waals surface area contributed by atoms with Gasteiger partial charge in [-0.25, -0.2) is 4.99 Å². The minimum Gasteiger partial charge on any atom is -0.484 e. The number of aliphatic imine (C=N–C) groups is 1. The van der Waals surface area contributed by atoms with Gasteiger partial charge in [0.05, 0.1) is 6.54 Å². The number of unbranched alkanes of at least 4 members (excludes halogenated alkanes) is 3. The molecule has 154 valence electrons. The van der Waals surface area contributed by atoms with E-state index in [4.69, 9.17) is 4.74 Å². The van der Waals surface area contributed by atoms with Crippen molar-refractivity contribution < 1.29 is 9.53 Å². The molecular formula is C20H35IN4O2. The van der Waals surface area contributed by atoms with Crippen LogP contribution in [0.15, 0.2) is 29.3 Å². The minimum atomic E-state index is -0.0601. The van der Waals surface area contributed by atoms with Crippen molar-refractivity contribution in [3.63, 3.8) is 0 Å². The molecule has 0 aliphatic heterocycles. The molecular weight excluding hydrogens is 455 g/mol. The van der Waals surface area contributed by atoms with Gasteiger partial charge in [0.2, 0.25) is 0 Å². The molecule has 0 fully saturated rings. The van der Waals surface area contributed by atoms with E-state index in [2.05, 4.69) is 29.5 Å². The third-order valence-corrected chi connectivity index (χ3v) is 3.85. The number of nitrogens with one attached hydrogen (secondary N) is 2. The fourth-order valence-corrected chi connectivity index (χ4v) is 2.28. The molecule has 0 aromatic heterocycles. The second-order valence-corrected chi connectivity index (χ2v) is 6.41. The van der Waals surface area contributed by atoms with Gasteiger partial charge < -0.3 is 20.3 Å². The van der Waals surface area contributed by atoms with Gasteiger partial charge in [-0.2, -0.15) is 0 Å². The van der Waals surface area contributed by atoms with E-state index in [9.17, 15) is 4.79 Å². The Balaban J connectivity index is 0.00000676. The van der Waals surface area contributed by atoms with Crippen molar-refractivity contribution >= 4 is 35.8 Å². The molecule has 0 saturated heterocycles. The van der Waals surface area contributed by atoms with Crippen molar-refractivity contribution in [3.8, 4) is 5.75 Å². The van der Waals surface area contributed by atoms with Crippen LogP contribution in [0.1, 0.15) is 45.1 Å². The lowest BCUT2D eigenvalue weighted by Gasteiger charge is -2.12. The van der Waals surface area contributed by atoms with Crippen LogP contribution in [0.5, 0.6) is 5.75 Å². The van der Waals surface area contributed by atoms with E-state index in [1.54, 1.807) is 14.1 Å². The van der Waals surface area contributed by atoms with Gasteiger partial charge in [-0.15, -0.1) is 24.0 Å². The van der Waals surface area contributed by atoms with E-state index in [0.29, 0.717) is 12.3 Å². The van der Waals surface area contributed by atoms with E-state index in [1.807, 2.05) is 24.3 Å². The van der Waals surface area contributed by atoms with Crippen LogP contribution in [0.2, 0.25) is 0 Å². The Morgan fingerprint density at radius 3 is 2.59 bits per heavy atom. The first-order valence-corrected chi connectivity index (χ1v) is 9.50. The monoisotopic (exact) mass is 490 g/mol. The third-order valence-electron chi connectivity index (χ3n) is 3.85. The van der Waals surface area contributed by atoms with Crippen LogP contribution in [0.3, 0.4) is 0 Å². The van der Waals surface area contributed by atoms with Gasteiger partial charge in [0.1, 0.15) is 5.75 Å². The molecule has 7 heteroatoms. The van der Waals surface area contributed by atoms with Gasteiger partial charge in [0.25, 0.3) is 5.91 Å². The van der Waals surface area contributed by atoms with Crippen molar-refractivity contribution in [2.24, 2.45) is 4.99 Å². The summed E-state index contributed by atoms with van der Waals surface area (Å²) in [6.07, 6.45) is 4.92. The predicted molar refractivity (Wildman–Crippen MR) is 123 cm³/mol. The number of likely N-dealkylation sites (N-methyl/N-ethyl adjacent to an activating group) is 1. The average molecular weight is 490 g/mol. The highest BCUT2D eigenvalue weighted by molar-refractivity contribution is 14.0. The van der Waals surface area contributed by atoms with E-state index in [-0.39, 0.29) is 36.5 Å². The van der Waals surface area contributed by atoms with Crippen LogP contribution in [0.4, 0.5) is 0 Å². The first kappa shape index (κ1) is 25.5. The number of benzene rings is 1. The molecule has 2 N–H and O–H groups in total. The summed E-state index contributed by atoms with van der Waals surface area (Å²) < 4.78 is 5.56. The zero-order valence-corrected chi connectivity index (χ0v) is 19.4. The second kappa shape index (κ2) is 15.5. The first-order chi connectivity index (χ1) is 12.6. The van der Waals surface area contributed by atoms with Crippen molar-refractivity contribution in [1.29, 1.82) is 0 Å². The zero-order valence-electron chi connectivity index (χ0n) is 17.1. The number of hydrogen-bond acceptors (Lipinski definition) is 3. The number of halogens is 1. The first-order valence-electron chi connectivity index (χ1n) is 9.50. The Labute approximate surface area is 181 Å². The summed E-state index contributed by atoms with van der Waals surface area (Å²) in [7, 11) is 3.43. The quantitative estimate of drug-likeness (QED) is 0.216. The van der Waals surface area contributed by atoms with E-state index < -0.39 is 0 Å². The van der Waals surface area contributed by atoms with Gasteiger partial charge in [0.15, 0.2) is 12.6 Å². The van der Waals surface area contributed by atoms with Crippen LogP contribution in [-0.2, 0) is 11.3 Å². The molecule has 0 aliphatic rings. The molecule has 0 unspecified atom stereocenters. The zero-order chi connectivity index (χ0) is 19.2. The van der Waals surface area contributed by atoms with Gasteiger partial charge in [-0.05, 0) is 31.0 Å². The summed E-state index contributed by atoms with van der Waals surface area (Å²) >= 11 is 0. The largest absolute Gasteiger partial charge is 0.484 e. The summed E-state index contributed by atoms with van der Waals surface area (Å²) in [6, 6.07) is 7.71. The predicted octanol–water partition coefficient (Wildman–Crippen LogP) is 3.41. The molecule has 0 heterocycles. The Kier molecular flexibility index (Phi) is 14.7. The lowest BCUT2D eigenvalue weighted by molar-refractivity contribution is -0.130. The fraction of sp³-hybridized carbons (Fsp3) is 0.600. The molecule has 1 amide bonds. The molecule has 1 rings (SSSR count). The Morgan fingerprint density at radius 2 is 1.93 bits per heavy atom. The van der Waals surface area contributed by atoms with Gasteiger partial charge in [-0.3, -0.25) is 4.79 Å². The Bertz CT molecular complexity index is 565. The van der Waals surface area contributed by atoms with Gasteiger partial charge >= 0.3 is 0 Å². The number of hydrogen-bond donors (Lipinski definition) is 2. The Morgan fingerprint density at radius 1 is 1.15 bits per heavy atom. The summed E-state index contributed by atoms with van der Waals surface area (Å²) in [5.41, 5.74) is 1.04. The number of rotatable bonds is 11. The van der Waals surface area contributed by atoms with E-state index in [0.717, 1.165) is 31.0 Å². The van der Waals surface area contributed by atoms with Crippen LogP contribution in [0, 0.1) is 0 Å². The van der Waals surface area contributed by atoms with Crippen molar-refractivity contribution in [2.45, 2.75) is 46.1 Å². The maximum atomic E-state index is 11.6. The molecule has 0 aliphatic carbocycles. The molecule has 6 nitrogen and oxygen atoms in total. The van der Waals surface area contributed by atoms with Crippen molar-refractivity contribution in [2.75, 3.05) is 33.8 Å². The van der Waals surface area contributed by atoms with Crippen LogP contribution < -0.4 is 15.4 Å². The molecule has 1 aromatic carbocycles. The average Bonchev–Trinajstić information content (AvgIpc) is 2.64. The van der Waals surface area contributed by atoms with Crippen LogP contribution >= 0.6 is 24.0 Å². The van der Waals surface area contributed by atoms with Crippen LogP contribution in [-0.4, -0.2) is 50.6 Å². The number of guanidine groups is 1. The lowest BCUT2D eigenvalue weighted by Crippen LogP contribution is -2.37. The topological polar surface area (TPSA) is 66.0 Å². The molecule has 1 aromatic rings. The standard InChI is InChI=1S/C20H34N4O2.HI/c1-5-7-8-9-13-22-20(21-6-2)23-15-17-11-10-12-18(14-17)26-16-19(25)24(3)4;/h10-12,14H,5-9,13,15-16H2,1-4H3,(H2,21,22,23);1H. The number of ether oxygens (including phenoxy) is 1. The molecule has 27 heavy (non-hydrogen) atoms. The highest BCUT2D eigenvalue weighted by Crippen LogP contribution is 2.14. The SMILES string of the molecule is CCCCCCNC(=NCc1cccc(OCC(=O)N(C)C)c1)NCC.I. The molecule has 0 saturated carbocycles. The molecule has 0 radical (unpaired) electrons. The van der Waals surface area contributed by atoms with Gasteiger partial charge in [0, 0.05) is 27.2 Å². The molecule has 0 bridgehead atoms. The summed E-state index contributed by atoms with van der Waals surface area (Å²) in [4.78, 5) is 17.8. The normalized spacial score (nSPS) is 10.7. The number of nitrogens with zero attached hydrogens (tertiary/aromatic N) is 2. The highest BCUT2D eigenvalue weighted by Gasteiger charge is 2.05. The maximum Gasteiger partial charge on any atom is 0.259 e. The number of amides is 1. The molecule has 0 spiro atoms. The van der Waals surface area contributed by atoms with E-state index >= 15 is 0 Å². The summed E-state index contributed by atoms with van der Waals surface area (Å²) in [5.74, 6) is 1.46. The summed E-state index contributed by atoms with van der Waals surface area (Å²) in [5, 5.41) is 6.64. The minimum absolute atomic E-state index is 0. The number of carbonyl (C=O) groups excluding carboxylic acids is 1. The van der Waals surface area contributed by atoms with E-state index in [1.165, 1.54) is 24.2 Å². The smallest absolute Gasteiger partial charge is 0.259 e. The highest BCUT2D eigenvalue weighted by atomic mass is 127. The third kappa shape index (κ3) is 11.7. The molecule has 0 atom stereocenters. The van der Waals surface area contributed by atoms with Crippen LogP contribution in [0.25, 0.3) is 0 Å². The fourth-order valence-electron chi connectivity index (χ4n) is 2.28. The van der Waals surface area contributed by atoms with Crippen molar-refractivity contribution in [3.05, 3.63) is 29.8 Å². The Hall–Kier alpha value is -1.51. The maximum absolute atomic E-state index is 11.6. The van der Waals surface area contributed by atoms with Crippen molar-refractivity contribution in [1.82, 2.24) is 15.5 Å². The second-order valence-electron chi connectivity index (χ2n) is 6.41. The summed E-state index contributed by atoms with van der Waals surface area (Å²) in [6.45, 7) is 6.64. The van der Waals surface area contributed by atoms with Gasteiger partial charge in [-0.1, -0.05) is 38.3 Å².